The van der Waals surface area contributed by atoms with E-state index in [1.54, 1.807) is 24.3 Å². The Morgan fingerprint density at radius 1 is 1.11 bits per heavy atom. The van der Waals surface area contributed by atoms with Crippen molar-refractivity contribution in [2.24, 2.45) is 0 Å². The summed E-state index contributed by atoms with van der Waals surface area (Å²) in [5, 5.41) is 11.7. The molecule has 1 atom stereocenters. The third kappa shape index (κ3) is 5.52. The number of amides is 1. The van der Waals surface area contributed by atoms with Gasteiger partial charge in [0, 0.05) is 47.9 Å². The molecule has 0 aliphatic carbocycles. The van der Waals surface area contributed by atoms with Gasteiger partial charge in [0.25, 0.3) is 5.91 Å². The number of nitrogens with zero attached hydrogens (tertiary/aromatic N) is 1. The molecule has 9 heteroatoms. The fourth-order valence-corrected chi connectivity index (χ4v) is 5.17. The topological polar surface area (TPSA) is 91.4 Å². The Hall–Kier alpha value is -3.85. The second-order valence-corrected chi connectivity index (χ2v) is 9.80. The Bertz CT molecular complexity index is 1370. The molecule has 0 spiro atoms. The lowest BCUT2D eigenvalue weighted by Crippen LogP contribution is -2.47. The van der Waals surface area contributed by atoms with Crippen LogP contribution >= 0.6 is 0 Å². The Labute approximate surface area is 219 Å². The van der Waals surface area contributed by atoms with Crippen molar-refractivity contribution in [2.45, 2.75) is 38.0 Å². The van der Waals surface area contributed by atoms with Crippen LogP contribution in [-0.4, -0.2) is 42.3 Å². The van der Waals surface area contributed by atoms with Gasteiger partial charge in [-0.15, -0.1) is 0 Å². The van der Waals surface area contributed by atoms with E-state index >= 15 is 0 Å². The second-order valence-electron chi connectivity index (χ2n) is 9.80. The van der Waals surface area contributed by atoms with Crippen LogP contribution in [0.4, 0.5) is 18.9 Å². The van der Waals surface area contributed by atoms with Crippen molar-refractivity contribution >= 4 is 17.3 Å². The zero-order valence-corrected chi connectivity index (χ0v) is 20.8. The largest absolute Gasteiger partial charge is 0.493 e. The number of benzene rings is 3. The molecule has 2 heterocycles. The number of ether oxygens (including phenoxy) is 1. The summed E-state index contributed by atoms with van der Waals surface area (Å²) >= 11 is 0. The Morgan fingerprint density at radius 3 is 2.71 bits per heavy atom. The maximum Gasteiger partial charge on any atom is 0.416 e. The Morgan fingerprint density at radius 2 is 1.89 bits per heavy atom. The molecule has 1 amide bonds. The van der Waals surface area contributed by atoms with Crippen LogP contribution in [0.25, 0.3) is 0 Å². The van der Waals surface area contributed by atoms with Crippen LogP contribution < -0.4 is 15.8 Å². The van der Waals surface area contributed by atoms with Gasteiger partial charge in [0.15, 0.2) is 0 Å². The molecule has 3 aromatic carbocycles. The highest BCUT2D eigenvalue weighted by molar-refractivity contribution is 6.15. The molecule has 2 aliphatic rings. The van der Waals surface area contributed by atoms with Crippen LogP contribution in [0.3, 0.4) is 0 Å². The summed E-state index contributed by atoms with van der Waals surface area (Å²) in [6.45, 7) is 1.90. The normalized spacial score (nSPS) is 17.5. The van der Waals surface area contributed by atoms with Gasteiger partial charge in [-0.25, -0.2) is 0 Å². The molecule has 38 heavy (non-hydrogen) atoms. The van der Waals surface area contributed by atoms with Crippen molar-refractivity contribution in [1.82, 2.24) is 10.2 Å². The number of halogens is 3. The summed E-state index contributed by atoms with van der Waals surface area (Å²) in [4.78, 5) is 15.1. The van der Waals surface area contributed by atoms with E-state index in [1.807, 2.05) is 23.1 Å². The standard InChI is InChI=1S/C29H29F3N4O2/c30-29(31,32)24-6-2-1-4-21(24)16-36-12-3-5-22(17-36)35-28(37)20-7-9-25(33)23(15-20)27(34)19-8-10-26-18(14-19)11-13-38-26/h1-2,4,6-10,14-15,22,34H,3,5,11-13,16-17,33H2,(H,35,37)/t22-/m1/s1. The number of hydrogen-bond acceptors (Lipinski definition) is 5. The molecule has 6 nitrogen and oxygen atoms in total. The zero-order chi connectivity index (χ0) is 26.9. The molecule has 0 bridgehead atoms. The summed E-state index contributed by atoms with van der Waals surface area (Å²) in [7, 11) is 0. The van der Waals surface area contributed by atoms with Crippen LogP contribution in [0, 0.1) is 5.41 Å². The first-order chi connectivity index (χ1) is 18.2. The molecule has 0 aromatic heterocycles. The van der Waals surface area contributed by atoms with Gasteiger partial charge in [0.1, 0.15) is 5.75 Å². The van der Waals surface area contributed by atoms with Gasteiger partial charge in [0.2, 0.25) is 0 Å². The molecule has 1 fully saturated rings. The predicted octanol–water partition coefficient (Wildman–Crippen LogP) is 5.03. The first-order valence-corrected chi connectivity index (χ1v) is 12.6. The van der Waals surface area contributed by atoms with Crippen molar-refractivity contribution in [3.8, 4) is 5.75 Å². The fraction of sp³-hybridized carbons (Fsp3) is 0.310. The first-order valence-electron chi connectivity index (χ1n) is 12.6. The predicted molar refractivity (Wildman–Crippen MR) is 140 cm³/mol. The fourth-order valence-electron chi connectivity index (χ4n) is 5.17. The third-order valence-corrected chi connectivity index (χ3v) is 7.12. The number of likely N-dealkylation sites (tertiary alicyclic amines) is 1. The van der Waals surface area contributed by atoms with Crippen molar-refractivity contribution in [3.63, 3.8) is 0 Å². The van der Waals surface area contributed by atoms with Gasteiger partial charge < -0.3 is 15.8 Å². The van der Waals surface area contributed by atoms with E-state index in [0.29, 0.717) is 42.1 Å². The average Bonchev–Trinajstić information content (AvgIpc) is 3.36. The molecule has 2 aliphatic heterocycles. The third-order valence-electron chi connectivity index (χ3n) is 7.12. The van der Waals surface area contributed by atoms with Gasteiger partial charge in [-0.1, -0.05) is 18.2 Å². The summed E-state index contributed by atoms with van der Waals surface area (Å²) in [5.74, 6) is 0.523. The first kappa shape index (κ1) is 25.8. The number of nitrogens with one attached hydrogen (secondary N) is 2. The Kier molecular flexibility index (Phi) is 7.12. The number of nitrogen functional groups attached to an aromatic ring is 1. The summed E-state index contributed by atoms with van der Waals surface area (Å²) in [6.07, 6.45) is -2.13. The number of carbonyl (C=O) groups excluding carboxylic acids is 1. The number of nitrogens with two attached hydrogens (primary N) is 1. The SMILES string of the molecule is N=C(c1ccc2c(c1)CCO2)c1cc(C(=O)N[C@@H]2CCCN(Cc3ccccc3C(F)(F)F)C2)ccc1N. The number of fused-ring (bicyclic) bond motifs is 1. The smallest absolute Gasteiger partial charge is 0.416 e. The minimum atomic E-state index is -4.41. The summed E-state index contributed by atoms with van der Waals surface area (Å²) in [6, 6.07) is 15.9. The quantitative estimate of drug-likeness (QED) is 0.313. The van der Waals surface area contributed by atoms with Crippen LogP contribution in [0.1, 0.15) is 51.0 Å². The Balaban J connectivity index is 1.27. The van der Waals surface area contributed by atoms with Crippen LogP contribution in [0.15, 0.2) is 60.7 Å². The second kappa shape index (κ2) is 10.5. The maximum absolute atomic E-state index is 13.4. The van der Waals surface area contributed by atoms with Crippen molar-refractivity contribution < 1.29 is 22.7 Å². The number of rotatable bonds is 6. The molecule has 1 saturated heterocycles. The zero-order valence-electron chi connectivity index (χ0n) is 20.8. The molecular weight excluding hydrogens is 493 g/mol. The van der Waals surface area contributed by atoms with E-state index in [0.717, 1.165) is 36.6 Å². The molecular formula is C29H29F3N4O2. The summed E-state index contributed by atoms with van der Waals surface area (Å²) in [5.41, 5.74) is 8.97. The highest BCUT2D eigenvalue weighted by atomic mass is 19.4. The van der Waals surface area contributed by atoms with Crippen LogP contribution in [-0.2, 0) is 19.1 Å². The molecule has 3 aromatic rings. The molecule has 0 radical (unpaired) electrons. The average molecular weight is 523 g/mol. The number of alkyl halides is 3. The monoisotopic (exact) mass is 522 g/mol. The van der Waals surface area contributed by atoms with Crippen LogP contribution in [0.2, 0.25) is 0 Å². The van der Waals surface area contributed by atoms with E-state index < -0.39 is 11.7 Å². The minimum absolute atomic E-state index is 0.164. The highest BCUT2D eigenvalue weighted by Gasteiger charge is 2.33. The molecule has 0 unspecified atom stereocenters. The van der Waals surface area contributed by atoms with E-state index in [1.165, 1.54) is 12.1 Å². The van der Waals surface area contributed by atoms with E-state index in [2.05, 4.69) is 5.32 Å². The van der Waals surface area contributed by atoms with Gasteiger partial charge in [-0.2, -0.15) is 13.2 Å². The molecule has 5 rings (SSSR count). The lowest BCUT2D eigenvalue weighted by molar-refractivity contribution is -0.138. The van der Waals surface area contributed by atoms with Crippen molar-refractivity contribution in [3.05, 3.63) is 94.0 Å². The van der Waals surface area contributed by atoms with Crippen molar-refractivity contribution in [2.75, 3.05) is 25.4 Å². The van der Waals surface area contributed by atoms with Gasteiger partial charge in [-0.3, -0.25) is 15.1 Å². The van der Waals surface area contributed by atoms with Crippen LogP contribution in [0.5, 0.6) is 5.75 Å². The lowest BCUT2D eigenvalue weighted by Gasteiger charge is -2.33. The number of anilines is 1. The molecule has 0 saturated carbocycles. The number of piperidine rings is 1. The van der Waals surface area contributed by atoms with Gasteiger partial charge >= 0.3 is 6.18 Å². The van der Waals surface area contributed by atoms with Crippen molar-refractivity contribution in [1.29, 1.82) is 5.41 Å². The number of carbonyl (C=O) groups is 1. The molecule has 198 valence electrons. The summed E-state index contributed by atoms with van der Waals surface area (Å²) < 4.78 is 45.8. The minimum Gasteiger partial charge on any atom is -0.493 e. The lowest BCUT2D eigenvalue weighted by atomic mass is 9.96. The van der Waals surface area contributed by atoms with Gasteiger partial charge in [-0.05, 0) is 73.0 Å². The molecule has 4 N–H and O–H groups in total. The van der Waals surface area contributed by atoms with E-state index in [9.17, 15) is 18.0 Å². The van der Waals surface area contributed by atoms with Gasteiger partial charge in [0.05, 0.1) is 17.9 Å². The van der Waals surface area contributed by atoms with E-state index in [4.69, 9.17) is 15.9 Å². The number of hydrogen-bond donors (Lipinski definition) is 3. The maximum atomic E-state index is 13.4. The van der Waals surface area contributed by atoms with E-state index in [-0.39, 0.29) is 29.8 Å². The highest BCUT2D eigenvalue weighted by Crippen LogP contribution is 2.33.